The van der Waals surface area contributed by atoms with E-state index in [0.29, 0.717) is 10.1 Å². The lowest BCUT2D eigenvalue weighted by Crippen LogP contribution is -1.82. The summed E-state index contributed by atoms with van der Waals surface area (Å²) in [7, 11) is 0. The van der Waals surface area contributed by atoms with Crippen molar-refractivity contribution in [2.75, 3.05) is 0 Å². The van der Waals surface area contributed by atoms with E-state index in [2.05, 4.69) is 25.9 Å². The molecule has 0 unspecified atom stereocenters. The number of hydrogen-bond donors (Lipinski definition) is 1. The zero-order valence-electron chi connectivity index (χ0n) is 6.03. The lowest BCUT2D eigenvalue weighted by molar-refractivity contribution is 0.476. The molecule has 60 valence electrons. The normalized spacial score (nSPS) is 10.4. The Morgan fingerprint density at radius 3 is 2.92 bits per heavy atom. The molecule has 0 aliphatic rings. The van der Waals surface area contributed by atoms with Crippen molar-refractivity contribution in [2.45, 2.75) is 0 Å². The van der Waals surface area contributed by atoms with E-state index < -0.39 is 0 Å². The average Bonchev–Trinajstić information content (AvgIpc) is 2.03. The Hall–Kier alpha value is -1.16. The van der Waals surface area contributed by atoms with Gasteiger partial charge in [-0.15, -0.1) is 0 Å². The minimum absolute atomic E-state index is 0.204. The Balaban J connectivity index is 2.80. The first-order valence-corrected chi connectivity index (χ1v) is 4.16. The van der Waals surface area contributed by atoms with Crippen molar-refractivity contribution in [3.05, 3.63) is 29.0 Å². The summed E-state index contributed by atoms with van der Waals surface area (Å²) in [6.45, 7) is 0. The number of aromatic nitrogens is 2. The molecule has 4 heteroatoms. The van der Waals surface area contributed by atoms with E-state index >= 15 is 0 Å². The van der Waals surface area contributed by atoms with Crippen LogP contribution in [0.25, 0.3) is 11.0 Å². The standard InChI is InChI=1S/C8H5BrN2O/c9-8-4-10-6-2-1-5(12)3-7(6)11-8/h1-4,12H. The summed E-state index contributed by atoms with van der Waals surface area (Å²) < 4.78 is 0.667. The lowest BCUT2D eigenvalue weighted by Gasteiger charge is -1.96. The second kappa shape index (κ2) is 2.71. The van der Waals surface area contributed by atoms with Gasteiger partial charge in [0.25, 0.3) is 0 Å². The maximum Gasteiger partial charge on any atom is 0.125 e. The fraction of sp³-hybridized carbons (Fsp3) is 0. The smallest absolute Gasteiger partial charge is 0.125 e. The molecule has 2 aromatic rings. The molecule has 2 rings (SSSR count). The lowest BCUT2D eigenvalue weighted by atomic mass is 10.3. The number of phenols is 1. The van der Waals surface area contributed by atoms with Gasteiger partial charge in [-0.25, -0.2) is 4.98 Å². The van der Waals surface area contributed by atoms with Crippen molar-refractivity contribution in [2.24, 2.45) is 0 Å². The first-order valence-electron chi connectivity index (χ1n) is 3.37. The Morgan fingerprint density at radius 1 is 1.25 bits per heavy atom. The van der Waals surface area contributed by atoms with Crippen LogP contribution in [0, 0.1) is 0 Å². The molecule has 0 saturated heterocycles. The van der Waals surface area contributed by atoms with Gasteiger partial charge in [0.2, 0.25) is 0 Å². The molecule has 0 aliphatic heterocycles. The van der Waals surface area contributed by atoms with Crippen LogP contribution in [0.3, 0.4) is 0 Å². The minimum Gasteiger partial charge on any atom is -0.508 e. The minimum atomic E-state index is 0.204. The largest absolute Gasteiger partial charge is 0.508 e. The van der Waals surface area contributed by atoms with Crippen molar-refractivity contribution < 1.29 is 5.11 Å². The Bertz CT molecular complexity index is 394. The van der Waals surface area contributed by atoms with Gasteiger partial charge in [0.05, 0.1) is 17.2 Å². The van der Waals surface area contributed by atoms with Crippen molar-refractivity contribution in [3.8, 4) is 5.75 Å². The molecular weight excluding hydrogens is 220 g/mol. The van der Waals surface area contributed by atoms with Crippen LogP contribution in [-0.2, 0) is 0 Å². The van der Waals surface area contributed by atoms with Crippen LogP contribution in [0.2, 0.25) is 0 Å². The highest BCUT2D eigenvalue weighted by atomic mass is 79.9. The highest BCUT2D eigenvalue weighted by Crippen LogP contribution is 2.17. The zero-order valence-corrected chi connectivity index (χ0v) is 7.62. The molecule has 1 heterocycles. The Kier molecular flexibility index (Phi) is 1.69. The van der Waals surface area contributed by atoms with Gasteiger partial charge < -0.3 is 5.11 Å². The molecule has 1 aromatic carbocycles. The first kappa shape index (κ1) is 7.49. The van der Waals surface area contributed by atoms with Crippen molar-refractivity contribution in [3.63, 3.8) is 0 Å². The average molecular weight is 225 g/mol. The molecule has 0 aliphatic carbocycles. The van der Waals surface area contributed by atoms with Gasteiger partial charge in [0, 0.05) is 6.07 Å². The summed E-state index contributed by atoms with van der Waals surface area (Å²) >= 11 is 3.20. The second-order valence-electron chi connectivity index (χ2n) is 2.37. The van der Waals surface area contributed by atoms with Gasteiger partial charge in [-0.1, -0.05) is 0 Å². The van der Waals surface area contributed by atoms with E-state index in [4.69, 9.17) is 5.11 Å². The van der Waals surface area contributed by atoms with Crippen LogP contribution < -0.4 is 0 Å². The number of benzene rings is 1. The molecule has 0 atom stereocenters. The van der Waals surface area contributed by atoms with Crippen LogP contribution >= 0.6 is 15.9 Å². The highest BCUT2D eigenvalue weighted by Gasteiger charge is 1.97. The Morgan fingerprint density at radius 2 is 2.08 bits per heavy atom. The second-order valence-corrected chi connectivity index (χ2v) is 3.18. The van der Waals surface area contributed by atoms with Gasteiger partial charge in [0.1, 0.15) is 10.4 Å². The maximum atomic E-state index is 9.14. The fourth-order valence-corrected chi connectivity index (χ4v) is 1.27. The molecule has 0 spiro atoms. The zero-order chi connectivity index (χ0) is 8.55. The SMILES string of the molecule is Oc1ccc2ncc(Br)nc2c1. The van der Waals surface area contributed by atoms with Gasteiger partial charge in [-0.2, -0.15) is 0 Å². The van der Waals surface area contributed by atoms with E-state index in [1.807, 2.05) is 0 Å². The van der Waals surface area contributed by atoms with Gasteiger partial charge in [-0.05, 0) is 28.1 Å². The topological polar surface area (TPSA) is 46.0 Å². The summed E-state index contributed by atoms with van der Waals surface area (Å²) in [6, 6.07) is 4.89. The van der Waals surface area contributed by atoms with E-state index in [1.54, 1.807) is 24.4 Å². The monoisotopic (exact) mass is 224 g/mol. The molecule has 1 N–H and O–H groups in total. The Labute approximate surface area is 77.2 Å². The quantitative estimate of drug-likeness (QED) is 0.746. The summed E-state index contributed by atoms with van der Waals surface area (Å²) in [5.41, 5.74) is 1.46. The van der Waals surface area contributed by atoms with Crippen LogP contribution in [0.4, 0.5) is 0 Å². The first-order chi connectivity index (χ1) is 5.75. The highest BCUT2D eigenvalue weighted by molar-refractivity contribution is 9.10. The molecule has 0 radical (unpaired) electrons. The number of fused-ring (bicyclic) bond motifs is 1. The molecule has 1 aromatic heterocycles. The number of aromatic hydroxyl groups is 1. The van der Waals surface area contributed by atoms with Gasteiger partial charge in [-0.3, -0.25) is 4.98 Å². The van der Waals surface area contributed by atoms with Crippen LogP contribution in [0.1, 0.15) is 0 Å². The molecule has 12 heavy (non-hydrogen) atoms. The van der Waals surface area contributed by atoms with E-state index in [9.17, 15) is 0 Å². The number of nitrogens with zero attached hydrogens (tertiary/aromatic N) is 2. The summed E-state index contributed by atoms with van der Waals surface area (Å²) in [4.78, 5) is 8.23. The summed E-state index contributed by atoms with van der Waals surface area (Å²) in [6.07, 6.45) is 1.62. The van der Waals surface area contributed by atoms with Crippen LogP contribution in [-0.4, -0.2) is 15.1 Å². The molecular formula is C8H5BrN2O. The number of halogens is 1. The number of rotatable bonds is 0. The van der Waals surface area contributed by atoms with Crippen molar-refractivity contribution in [1.82, 2.24) is 9.97 Å². The van der Waals surface area contributed by atoms with E-state index in [-0.39, 0.29) is 5.75 Å². The molecule has 0 fully saturated rings. The van der Waals surface area contributed by atoms with Crippen molar-refractivity contribution >= 4 is 27.0 Å². The third kappa shape index (κ3) is 1.25. The number of hydrogen-bond acceptors (Lipinski definition) is 3. The fourth-order valence-electron chi connectivity index (χ4n) is 0.977. The number of phenolic OH excluding ortho intramolecular Hbond substituents is 1. The van der Waals surface area contributed by atoms with Crippen LogP contribution in [0.5, 0.6) is 5.75 Å². The summed E-state index contributed by atoms with van der Waals surface area (Å²) in [5, 5.41) is 9.14. The third-order valence-corrected chi connectivity index (χ3v) is 1.88. The van der Waals surface area contributed by atoms with Crippen LogP contribution in [0.15, 0.2) is 29.0 Å². The van der Waals surface area contributed by atoms with E-state index in [1.165, 1.54) is 0 Å². The maximum absolute atomic E-state index is 9.14. The molecule has 3 nitrogen and oxygen atoms in total. The third-order valence-electron chi connectivity index (χ3n) is 1.50. The van der Waals surface area contributed by atoms with Crippen molar-refractivity contribution in [1.29, 1.82) is 0 Å². The van der Waals surface area contributed by atoms with E-state index in [0.717, 1.165) is 5.52 Å². The predicted molar refractivity (Wildman–Crippen MR) is 48.9 cm³/mol. The van der Waals surface area contributed by atoms with Gasteiger partial charge in [0.15, 0.2) is 0 Å². The molecule has 0 saturated carbocycles. The summed E-state index contributed by atoms with van der Waals surface area (Å²) in [5.74, 6) is 0.204. The van der Waals surface area contributed by atoms with Gasteiger partial charge >= 0.3 is 0 Å². The molecule has 0 amide bonds. The molecule has 0 bridgehead atoms. The predicted octanol–water partition coefficient (Wildman–Crippen LogP) is 2.10.